The standard InChI is InChI=1S/C12H19ClN4O/c1-2-14-7-9-3-5-17(6-4-9)10-8-15-16-12(18)11(10)13/h8-9,14H,2-7H2,1H3,(H,16,18). The van der Waals surface area contributed by atoms with Gasteiger partial charge in [-0.25, -0.2) is 5.10 Å². The highest BCUT2D eigenvalue weighted by Crippen LogP contribution is 2.26. The lowest BCUT2D eigenvalue weighted by Crippen LogP contribution is -2.38. The summed E-state index contributed by atoms with van der Waals surface area (Å²) in [6, 6.07) is 0. The van der Waals surface area contributed by atoms with Crippen LogP contribution in [0.15, 0.2) is 11.0 Å². The molecular weight excluding hydrogens is 252 g/mol. The quantitative estimate of drug-likeness (QED) is 0.865. The van der Waals surface area contributed by atoms with Crippen molar-refractivity contribution in [3.05, 3.63) is 21.6 Å². The zero-order valence-corrected chi connectivity index (χ0v) is 11.3. The van der Waals surface area contributed by atoms with E-state index in [9.17, 15) is 4.79 Å². The zero-order valence-electron chi connectivity index (χ0n) is 10.6. The van der Waals surface area contributed by atoms with E-state index in [-0.39, 0.29) is 10.6 Å². The fourth-order valence-corrected chi connectivity index (χ4v) is 2.53. The van der Waals surface area contributed by atoms with Gasteiger partial charge in [0.05, 0.1) is 11.9 Å². The van der Waals surface area contributed by atoms with E-state index >= 15 is 0 Å². The SMILES string of the molecule is CCNCC1CCN(c2cn[nH]c(=O)c2Cl)CC1. The number of nitrogens with zero attached hydrogens (tertiary/aromatic N) is 2. The Morgan fingerprint density at radius 2 is 2.28 bits per heavy atom. The molecule has 0 radical (unpaired) electrons. The zero-order chi connectivity index (χ0) is 13.0. The molecule has 2 N–H and O–H groups in total. The van der Waals surface area contributed by atoms with Crippen LogP contribution in [0.2, 0.25) is 5.02 Å². The van der Waals surface area contributed by atoms with Gasteiger partial charge in [0.25, 0.3) is 5.56 Å². The smallest absolute Gasteiger partial charge is 0.285 e. The minimum Gasteiger partial charge on any atom is -0.369 e. The summed E-state index contributed by atoms with van der Waals surface area (Å²) in [5.41, 5.74) is 0.436. The van der Waals surface area contributed by atoms with Gasteiger partial charge in [-0.1, -0.05) is 18.5 Å². The van der Waals surface area contributed by atoms with E-state index in [2.05, 4.69) is 27.3 Å². The number of aromatic nitrogens is 2. The number of halogens is 1. The molecule has 0 unspecified atom stereocenters. The molecule has 2 rings (SSSR count). The van der Waals surface area contributed by atoms with E-state index in [1.54, 1.807) is 6.20 Å². The van der Waals surface area contributed by atoms with Gasteiger partial charge < -0.3 is 10.2 Å². The lowest BCUT2D eigenvalue weighted by molar-refractivity contribution is 0.386. The summed E-state index contributed by atoms with van der Waals surface area (Å²) in [7, 11) is 0. The third-order valence-corrected chi connectivity index (χ3v) is 3.78. The lowest BCUT2D eigenvalue weighted by atomic mass is 9.96. The van der Waals surface area contributed by atoms with E-state index in [1.165, 1.54) is 0 Å². The molecule has 1 aromatic rings. The normalized spacial score (nSPS) is 17.1. The predicted molar refractivity (Wildman–Crippen MR) is 73.3 cm³/mol. The van der Waals surface area contributed by atoms with E-state index in [4.69, 9.17) is 11.6 Å². The van der Waals surface area contributed by atoms with Crippen LogP contribution in [-0.4, -0.2) is 36.4 Å². The van der Waals surface area contributed by atoms with E-state index in [0.717, 1.165) is 50.6 Å². The average molecular weight is 271 g/mol. The van der Waals surface area contributed by atoms with Crippen molar-refractivity contribution in [1.82, 2.24) is 15.5 Å². The summed E-state index contributed by atoms with van der Waals surface area (Å²) < 4.78 is 0. The molecule has 100 valence electrons. The van der Waals surface area contributed by atoms with Crippen LogP contribution >= 0.6 is 11.6 Å². The van der Waals surface area contributed by atoms with Gasteiger partial charge in [-0.15, -0.1) is 0 Å². The Kier molecular flexibility index (Phi) is 4.60. The molecule has 1 aliphatic rings. The molecule has 1 aromatic heterocycles. The first-order valence-corrected chi connectivity index (χ1v) is 6.79. The Bertz CT molecular complexity index is 440. The predicted octanol–water partition coefficient (Wildman–Crippen LogP) is 1.25. The van der Waals surface area contributed by atoms with Crippen molar-refractivity contribution in [3.8, 4) is 0 Å². The average Bonchev–Trinajstić information content (AvgIpc) is 2.40. The summed E-state index contributed by atoms with van der Waals surface area (Å²) in [5, 5.41) is 9.78. The molecule has 0 atom stereocenters. The van der Waals surface area contributed by atoms with Crippen LogP contribution in [0, 0.1) is 5.92 Å². The Morgan fingerprint density at radius 1 is 1.56 bits per heavy atom. The van der Waals surface area contributed by atoms with E-state index in [1.807, 2.05) is 0 Å². The molecular formula is C12H19ClN4O. The Labute approximate surface area is 112 Å². The molecule has 0 aromatic carbocycles. The molecule has 1 fully saturated rings. The number of nitrogens with one attached hydrogen (secondary N) is 2. The summed E-state index contributed by atoms with van der Waals surface area (Å²) in [6.07, 6.45) is 3.88. The lowest BCUT2D eigenvalue weighted by Gasteiger charge is -2.33. The molecule has 0 saturated carbocycles. The molecule has 1 aliphatic heterocycles. The maximum atomic E-state index is 11.4. The highest BCUT2D eigenvalue weighted by atomic mass is 35.5. The minimum atomic E-state index is -0.316. The second-order valence-electron chi connectivity index (χ2n) is 4.64. The number of H-pyrrole nitrogens is 1. The van der Waals surface area contributed by atoms with Gasteiger partial charge in [0, 0.05) is 13.1 Å². The summed E-state index contributed by atoms with van der Waals surface area (Å²) in [4.78, 5) is 13.5. The monoisotopic (exact) mass is 270 g/mol. The molecule has 18 heavy (non-hydrogen) atoms. The summed E-state index contributed by atoms with van der Waals surface area (Å²) in [5.74, 6) is 0.718. The fourth-order valence-electron chi connectivity index (χ4n) is 2.32. The third-order valence-electron chi connectivity index (χ3n) is 3.42. The molecule has 6 heteroatoms. The first-order valence-electron chi connectivity index (χ1n) is 6.41. The third kappa shape index (κ3) is 3.03. The number of anilines is 1. The largest absolute Gasteiger partial charge is 0.369 e. The minimum absolute atomic E-state index is 0.245. The van der Waals surface area contributed by atoms with Crippen molar-refractivity contribution in [2.24, 2.45) is 5.92 Å². The van der Waals surface area contributed by atoms with Crippen LogP contribution in [0.25, 0.3) is 0 Å². The van der Waals surface area contributed by atoms with Gasteiger partial charge in [0.15, 0.2) is 0 Å². The Hall–Kier alpha value is -1.07. The number of aromatic amines is 1. The van der Waals surface area contributed by atoms with Crippen molar-refractivity contribution in [1.29, 1.82) is 0 Å². The highest BCUT2D eigenvalue weighted by molar-refractivity contribution is 6.32. The first kappa shape index (κ1) is 13.4. The molecule has 0 bridgehead atoms. The van der Waals surface area contributed by atoms with Crippen molar-refractivity contribution >= 4 is 17.3 Å². The van der Waals surface area contributed by atoms with E-state index in [0.29, 0.717) is 0 Å². The van der Waals surface area contributed by atoms with Gasteiger partial charge in [0.2, 0.25) is 0 Å². The van der Waals surface area contributed by atoms with Crippen molar-refractivity contribution in [2.45, 2.75) is 19.8 Å². The van der Waals surface area contributed by atoms with Gasteiger partial charge in [-0.05, 0) is 31.8 Å². The number of rotatable bonds is 4. The highest BCUT2D eigenvalue weighted by Gasteiger charge is 2.21. The second kappa shape index (κ2) is 6.20. The van der Waals surface area contributed by atoms with Crippen LogP contribution in [0.1, 0.15) is 19.8 Å². The topological polar surface area (TPSA) is 61.0 Å². The van der Waals surface area contributed by atoms with Gasteiger partial charge >= 0.3 is 0 Å². The number of piperidine rings is 1. The molecule has 0 amide bonds. The van der Waals surface area contributed by atoms with Gasteiger partial charge in [-0.3, -0.25) is 4.79 Å². The summed E-state index contributed by atoms with van der Waals surface area (Å²) >= 11 is 6.01. The molecule has 2 heterocycles. The number of hydrogen-bond acceptors (Lipinski definition) is 4. The van der Waals surface area contributed by atoms with Crippen LogP contribution in [0.5, 0.6) is 0 Å². The number of hydrogen-bond donors (Lipinski definition) is 2. The summed E-state index contributed by atoms with van der Waals surface area (Å²) in [6.45, 7) is 6.08. The molecule has 1 saturated heterocycles. The van der Waals surface area contributed by atoms with E-state index < -0.39 is 0 Å². The van der Waals surface area contributed by atoms with Crippen LogP contribution in [0.4, 0.5) is 5.69 Å². The second-order valence-corrected chi connectivity index (χ2v) is 5.01. The van der Waals surface area contributed by atoms with Crippen molar-refractivity contribution in [3.63, 3.8) is 0 Å². The van der Waals surface area contributed by atoms with Crippen LogP contribution in [-0.2, 0) is 0 Å². The maximum Gasteiger partial charge on any atom is 0.285 e. The molecule has 0 aliphatic carbocycles. The van der Waals surface area contributed by atoms with Crippen LogP contribution < -0.4 is 15.8 Å². The maximum absolute atomic E-state index is 11.4. The Morgan fingerprint density at radius 3 is 2.94 bits per heavy atom. The van der Waals surface area contributed by atoms with Crippen LogP contribution in [0.3, 0.4) is 0 Å². The van der Waals surface area contributed by atoms with Crippen molar-refractivity contribution in [2.75, 3.05) is 31.1 Å². The Balaban J connectivity index is 1.97. The van der Waals surface area contributed by atoms with Gasteiger partial charge in [-0.2, -0.15) is 5.10 Å². The van der Waals surface area contributed by atoms with Gasteiger partial charge in [0.1, 0.15) is 5.02 Å². The molecule has 0 spiro atoms. The first-order chi connectivity index (χ1) is 8.72. The fraction of sp³-hybridized carbons (Fsp3) is 0.667. The van der Waals surface area contributed by atoms with Crippen molar-refractivity contribution < 1.29 is 0 Å². The molecule has 5 nitrogen and oxygen atoms in total.